The zero-order valence-electron chi connectivity index (χ0n) is 16.2. The van der Waals surface area contributed by atoms with Gasteiger partial charge in [-0.1, -0.05) is 18.2 Å². The van der Waals surface area contributed by atoms with Crippen molar-refractivity contribution in [3.63, 3.8) is 0 Å². The second kappa shape index (κ2) is 9.19. The molecule has 3 N–H and O–H groups in total. The number of hydrogen-bond donors (Lipinski definition) is 2. The number of nitrogens with one attached hydrogen (secondary N) is 1. The molecule has 1 saturated heterocycles. The highest BCUT2D eigenvalue weighted by Gasteiger charge is 2.20. The molecule has 2 aliphatic rings. The normalized spacial score (nSPS) is 15.2. The summed E-state index contributed by atoms with van der Waals surface area (Å²) in [6.45, 7) is 5.52. The van der Waals surface area contributed by atoms with Gasteiger partial charge in [-0.3, -0.25) is 0 Å². The lowest BCUT2D eigenvalue weighted by atomic mass is 10.2. The molecule has 3 aromatic rings. The summed E-state index contributed by atoms with van der Waals surface area (Å²) >= 11 is 5.08. The lowest BCUT2D eigenvalue weighted by Crippen LogP contribution is -2.21. The Hall–Kier alpha value is -2.04. The molecule has 2 aromatic heterocycles. The molecule has 0 amide bonds. The van der Waals surface area contributed by atoms with Crippen molar-refractivity contribution in [3.8, 4) is 11.5 Å². The third-order valence-corrected chi connectivity index (χ3v) is 6.65. The molecule has 4 heterocycles. The number of aromatic nitrogens is 4. The summed E-state index contributed by atoms with van der Waals surface area (Å²) in [7, 11) is 0. The number of hydrogen-bond acceptors (Lipinski definition) is 8. The van der Waals surface area contributed by atoms with Gasteiger partial charge in [-0.25, -0.2) is 15.0 Å². The van der Waals surface area contributed by atoms with Gasteiger partial charge in [-0.2, -0.15) is 0 Å². The van der Waals surface area contributed by atoms with Crippen LogP contribution in [0.15, 0.2) is 33.0 Å². The fraction of sp³-hybridized carbons (Fsp3) is 0.421. The van der Waals surface area contributed by atoms with E-state index in [-0.39, 0.29) is 6.79 Å². The second-order valence-corrected chi connectivity index (χ2v) is 8.48. The van der Waals surface area contributed by atoms with Gasteiger partial charge < -0.3 is 25.1 Å². The highest BCUT2D eigenvalue weighted by atomic mass is 79.9. The topological polar surface area (TPSA) is 100 Å². The molecule has 0 aliphatic carbocycles. The first-order valence-corrected chi connectivity index (χ1v) is 11.2. The Balaban J connectivity index is 0.000000294. The van der Waals surface area contributed by atoms with Crippen molar-refractivity contribution in [3.05, 3.63) is 22.9 Å². The molecule has 154 valence electrons. The molecule has 29 heavy (non-hydrogen) atoms. The van der Waals surface area contributed by atoms with Crippen LogP contribution in [0.3, 0.4) is 0 Å². The first-order chi connectivity index (χ1) is 14.2. The Morgan fingerprint density at radius 3 is 2.59 bits per heavy atom. The SMILES string of the molecule is C1CCNCC1.CCn1c(Sc2cc3c(cc2Br)OCO3)nc2c(N)ncnc21. The van der Waals surface area contributed by atoms with E-state index in [9.17, 15) is 0 Å². The number of anilines is 1. The molecular formula is C19H23BrN6O2S. The molecule has 0 radical (unpaired) electrons. The number of imidazole rings is 1. The number of ether oxygens (including phenoxy) is 2. The molecule has 0 saturated carbocycles. The molecule has 0 spiro atoms. The van der Waals surface area contributed by atoms with Crippen LogP contribution in [-0.4, -0.2) is 39.4 Å². The molecule has 1 aromatic carbocycles. The van der Waals surface area contributed by atoms with Gasteiger partial charge in [-0.15, -0.1) is 0 Å². The fourth-order valence-electron chi connectivity index (χ4n) is 3.17. The standard InChI is InChI=1S/C14H12BrN5O2S.C5H11N/c1-2-20-13-11(12(16)17-5-18-13)19-14(20)23-10-4-9-8(3-7(10)15)21-6-22-9;1-2-4-6-5-3-1/h3-5H,2,6H2,1H3,(H2,16,17,18);6H,1-5H2. The number of halogens is 1. The van der Waals surface area contributed by atoms with Gasteiger partial charge in [0.1, 0.15) is 6.33 Å². The van der Waals surface area contributed by atoms with Gasteiger partial charge in [0.05, 0.1) is 0 Å². The van der Waals surface area contributed by atoms with E-state index in [1.807, 2.05) is 23.6 Å². The van der Waals surface area contributed by atoms with Gasteiger partial charge in [-0.05, 0) is 60.9 Å². The van der Waals surface area contributed by atoms with Crippen LogP contribution in [0, 0.1) is 0 Å². The van der Waals surface area contributed by atoms with E-state index < -0.39 is 0 Å². The minimum atomic E-state index is 0.246. The van der Waals surface area contributed by atoms with E-state index in [0.717, 1.165) is 38.2 Å². The quantitative estimate of drug-likeness (QED) is 0.585. The number of piperidine rings is 1. The molecule has 10 heteroatoms. The van der Waals surface area contributed by atoms with E-state index >= 15 is 0 Å². The highest BCUT2D eigenvalue weighted by molar-refractivity contribution is 9.10. The number of fused-ring (bicyclic) bond motifs is 2. The van der Waals surface area contributed by atoms with Gasteiger partial charge in [0.25, 0.3) is 0 Å². The maximum absolute atomic E-state index is 5.91. The third kappa shape index (κ3) is 4.44. The Bertz CT molecular complexity index is 997. The minimum Gasteiger partial charge on any atom is -0.454 e. The summed E-state index contributed by atoms with van der Waals surface area (Å²) in [4.78, 5) is 13.9. The summed E-state index contributed by atoms with van der Waals surface area (Å²) in [6, 6.07) is 3.84. The lowest BCUT2D eigenvalue weighted by molar-refractivity contribution is 0.174. The first-order valence-electron chi connectivity index (χ1n) is 9.61. The number of nitrogen functional groups attached to an aromatic ring is 1. The molecular weight excluding hydrogens is 456 g/mol. The Kier molecular flexibility index (Phi) is 6.41. The maximum Gasteiger partial charge on any atom is 0.231 e. The van der Waals surface area contributed by atoms with Crippen LogP contribution in [0.1, 0.15) is 26.2 Å². The molecule has 0 unspecified atom stereocenters. The van der Waals surface area contributed by atoms with Crippen LogP contribution < -0.4 is 20.5 Å². The Labute approximate surface area is 181 Å². The minimum absolute atomic E-state index is 0.246. The van der Waals surface area contributed by atoms with Crippen LogP contribution in [0.5, 0.6) is 11.5 Å². The summed E-state index contributed by atoms with van der Waals surface area (Å²) in [5, 5.41) is 4.08. The highest BCUT2D eigenvalue weighted by Crippen LogP contribution is 2.43. The van der Waals surface area contributed by atoms with Crippen LogP contribution >= 0.6 is 27.7 Å². The smallest absolute Gasteiger partial charge is 0.231 e. The molecule has 8 nitrogen and oxygen atoms in total. The van der Waals surface area contributed by atoms with Gasteiger partial charge in [0.15, 0.2) is 33.6 Å². The summed E-state index contributed by atoms with van der Waals surface area (Å²) < 4.78 is 13.7. The summed E-state index contributed by atoms with van der Waals surface area (Å²) in [6.07, 6.45) is 5.67. The maximum atomic E-state index is 5.91. The molecule has 0 atom stereocenters. The number of nitrogens with zero attached hydrogens (tertiary/aromatic N) is 4. The van der Waals surface area contributed by atoms with Crippen molar-refractivity contribution in [2.75, 3.05) is 25.6 Å². The van der Waals surface area contributed by atoms with Crippen LogP contribution in [0.2, 0.25) is 0 Å². The number of aryl methyl sites for hydroxylation is 1. The predicted molar refractivity (Wildman–Crippen MR) is 117 cm³/mol. The van der Waals surface area contributed by atoms with Crippen molar-refractivity contribution in [1.29, 1.82) is 0 Å². The van der Waals surface area contributed by atoms with E-state index in [1.165, 1.54) is 50.4 Å². The second-order valence-electron chi connectivity index (χ2n) is 6.62. The zero-order valence-corrected chi connectivity index (χ0v) is 18.6. The largest absolute Gasteiger partial charge is 0.454 e. The van der Waals surface area contributed by atoms with E-state index in [2.05, 4.69) is 36.2 Å². The van der Waals surface area contributed by atoms with Gasteiger partial charge >= 0.3 is 0 Å². The van der Waals surface area contributed by atoms with E-state index in [4.69, 9.17) is 15.2 Å². The number of benzene rings is 1. The van der Waals surface area contributed by atoms with Crippen molar-refractivity contribution >= 4 is 44.7 Å². The average Bonchev–Trinajstić information content (AvgIpc) is 3.34. The molecule has 2 aliphatic heterocycles. The van der Waals surface area contributed by atoms with E-state index in [1.54, 1.807) is 0 Å². The molecule has 5 rings (SSSR count). The zero-order chi connectivity index (χ0) is 20.2. The molecule has 1 fully saturated rings. The number of nitrogens with two attached hydrogens (primary N) is 1. The first kappa shape index (κ1) is 20.2. The van der Waals surface area contributed by atoms with Crippen molar-refractivity contribution in [1.82, 2.24) is 24.8 Å². The monoisotopic (exact) mass is 478 g/mol. The predicted octanol–water partition coefficient (Wildman–Crippen LogP) is 3.83. The fourth-order valence-corrected chi connectivity index (χ4v) is 4.72. The van der Waals surface area contributed by atoms with Crippen molar-refractivity contribution < 1.29 is 9.47 Å². The number of rotatable bonds is 3. The third-order valence-electron chi connectivity index (χ3n) is 4.68. The van der Waals surface area contributed by atoms with Crippen LogP contribution in [0.25, 0.3) is 11.2 Å². The van der Waals surface area contributed by atoms with Gasteiger partial charge in [0.2, 0.25) is 6.79 Å². The molecule has 0 bridgehead atoms. The Morgan fingerprint density at radius 1 is 1.17 bits per heavy atom. The summed E-state index contributed by atoms with van der Waals surface area (Å²) in [5.41, 5.74) is 7.26. The van der Waals surface area contributed by atoms with Crippen LogP contribution in [-0.2, 0) is 6.54 Å². The Morgan fingerprint density at radius 2 is 1.93 bits per heavy atom. The van der Waals surface area contributed by atoms with Gasteiger partial charge in [0, 0.05) is 15.9 Å². The van der Waals surface area contributed by atoms with E-state index in [0.29, 0.717) is 11.3 Å². The van der Waals surface area contributed by atoms with Crippen molar-refractivity contribution in [2.45, 2.75) is 42.8 Å². The van der Waals surface area contributed by atoms with Crippen molar-refractivity contribution in [2.24, 2.45) is 0 Å². The average molecular weight is 479 g/mol. The van der Waals surface area contributed by atoms with Crippen LogP contribution in [0.4, 0.5) is 5.82 Å². The summed E-state index contributed by atoms with van der Waals surface area (Å²) in [5.74, 6) is 1.85. The lowest BCUT2D eigenvalue weighted by Gasteiger charge is -2.08.